The van der Waals surface area contributed by atoms with Gasteiger partial charge in [0.25, 0.3) is 0 Å². The van der Waals surface area contributed by atoms with Crippen LogP contribution in [0.1, 0.15) is 10.4 Å². The number of nitrogens with zero attached hydrogens (tertiary/aromatic N) is 2. The summed E-state index contributed by atoms with van der Waals surface area (Å²) in [5, 5.41) is 4.04. The molecule has 0 aliphatic heterocycles. The van der Waals surface area contributed by atoms with Crippen molar-refractivity contribution < 1.29 is 4.79 Å². The van der Waals surface area contributed by atoms with Crippen LogP contribution in [0.5, 0.6) is 0 Å². The smallest absolute Gasteiger partial charge is 0.151 e. The van der Waals surface area contributed by atoms with Crippen LogP contribution in [-0.4, -0.2) is 15.8 Å². The highest BCUT2D eigenvalue weighted by atomic mass is 16.1. The lowest BCUT2D eigenvalue weighted by Crippen LogP contribution is -1.97. The van der Waals surface area contributed by atoms with Gasteiger partial charge in [-0.1, -0.05) is 48.5 Å². The molecule has 0 aliphatic carbocycles. The third kappa shape index (κ3) is 1.68. The average Bonchev–Trinajstić information content (AvgIpc) is 3.06. The molecule has 0 unspecified atom stereocenters. The molecule has 1 heterocycles. The van der Waals surface area contributed by atoms with E-state index in [1.165, 1.54) is 0 Å². The summed E-state index contributed by atoms with van der Waals surface area (Å²) in [7, 11) is 0. The Hall–Kier alpha value is -2.94. The lowest BCUT2D eigenvalue weighted by Gasteiger charge is -2.14. The molecule has 0 radical (unpaired) electrons. The van der Waals surface area contributed by atoms with E-state index >= 15 is 0 Å². The fraction of sp³-hybridized carbons (Fsp3) is 0. The molecule has 3 heteroatoms. The van der Waals surface area contributed by atoms with Crippen molar-refractivity contribution in [2.24, 2.45) is 0 Å². The Morgan fingerprint density at radius 3 is 1.90 bits per heavy atom. The molecule has 3 aromatic carbocycles. The number of hydrogen-bond donors (Lipinski definition) is 0. The SMILES string of the molecule is O=Cc1c2ccccc2c(-n2ccnc2)c2ccccc12. The van der Waals surface area contributed by atoms with E-state index in [-0.39, 0.29) is 0 Å². The molecule has 0 amide bonds. The van der Waals surface area contributed by atoms with Crippen molar-refractivity contribution in [3.63, 3.8) is 0 Å². The second-order valence-corrected chi connectivity index (χ2v) is 4.94. The Bertz CT molecular complexity index is 899. The maximum absolute atomic E-state index is 11.6. The summed E-state index contributed by atoms with van der Waals surface area (Å²) in [6, 6.07) is 16.0. The van der Waals surface area contributed by atoms with Gasteiger partial charge in [-0.05, 0) is 10.8 Å². The molecule has 4 rings (SSSR count). The molecule has 0 N–H and O–H groups in total. The van der Waals surface area contributed by atoms with Crippen molar-refractivity contribution in [1.82, 2.24) is 9.55 Å². The van der Waals surface area contributed by atoms with E-state index in [2.05, 4.69) is 4.98 Å². The molecule has 0 saturated carbocycles. The lowest BCUT2D eigenvalue weighted by molar-refractivity contribution is 0.112. The first-order chi connectivity index (χ1) is 10.4. The summed E-state index contributed by atoms with van der Waals surface area (Å²) >= 11 is 0. The number of rotatable bonds is 2. The van der Waals surface area contributed by atoms with E-state index in [1.807, 2.05) is 59.3 Å². The minimum absolute atomic E-state index is 0.741. The first kappa shape index (κ1) is 11.9. The summed E-state index contributed by atoms with van der Waals surface area (Å²) in [5.41, 5.74) is 1.80. The van der Waals surface area contributed by atoms with Crippen molar-refractivity contribution in [1.29, 1.82) is 0 Å². The number of carbonyl (C=O) groups is 1. The van der Waals surface area contributed by atoms with Crippen molar-refractivity contribution in [3.05, 3.63) is 72.8 Å². The van der Waals surface area contributed by atoms with Gasteiger partial charge in [0.05, 0.1) is 12.0 Å². The predicted molar refractivity (Wildman–Crippen MR) is 84.0 cm³/mol. The first-order valence-electron chi connectivity index (χ1n) is 6.77. The fourth-order valence-electron chi connectivity index (χ4n) is 2.94. The van der Waals surface area contributed by atoms with Crippen LogP contribution in [0.4, 0.5) is 0 Å². The van der Waals surface area contributed by atoms with E-state index in [1.54, 1.807) is 12.5 Å². The second kappa shape index (κ2) is 4.56. The predicted octanol–water partition coefficient (Wildman–Crippen LogP) is 3.99. The molecular formula is C18H12N2O. The largest absolute Gasteiger partial charge is 0.305 e. The molecule has 0 saturated heterocycles. The first-order valence-corrected chi connectivity index (χ1v) is 6.77. The van der Waals surface area contributed by atoms with E-state index in [0.717, 1.165) is 39.1 Å². The molecule has 0 bridgehead atoms. The molecule has 0 spiro atoms. The Balaban J connectivity index is 2.32. The number of aromatic nitrogens is 2. The molecule has 0 aliphatic rings. The number of carbonyl (C=O) groups excluding carboxylic acids is 1. The molecule has 0 atom stereocenters. The summed E-state index contributed by atoms with van der Waals surface area (Å²) < 4.78 is 2.00. The van der Waals surface area contributed by atoms with Crippen LogP contribution >= 0.6 is 0 Å². The maximum atomic E-state index is 11.6. The number of hydrogen-bond acceptors (Lipinski definition) is 2. The maximum Gasteiger partial charge on any atom is 0.151 e. The average molecular weight is 272 g/mol. The van der Waals surface area contributed by atoms with Gasteiger partial charge in [0.15, 0.2) is 6.29 Å². The van der Waals surface area contributed by atoms with Gasteiger partial charge >= 0.3 is 0 Å². The number of aldehydes is 1. The van der Waals surface area contributed by atoms with Crippen molar-refractivity contribution in [2.75, 3.05) is 0 Å². The minimum atomic E-state index is 0.741. The van der Waals surface area contributed by atoms with Crippen molar-refractivity contribution in [3.8, 4) is 5.69 Å². The van der Waals surface area contributed by atoms with Gasteiger partial charge in [0, 0.05) is 28.7 Å². The number of imidazole rings is 1. The fourth-order valence-corrected chi connectivity index (χ4v) is 2.94. The Morgan fingerprint density at radius 2 is 1.43 bits per heavy atom. The minimum Gasteiger partial charge on any atom is -0.305 e. The summed E-state index contributed by atoms with van der Waals surface area (Å²) in [4.78, 5) is 15.8. The molecule has 3 nitrogen and oxygen atoms in total. The zero-order chi connectivity index (χ0) is 14.2. The highest BCUT2D eigenvalue weighted by Gasteiger charge is 2.13. The third-order valence-electron chi connectivity index (χ3n) is 3.83. The van der Waals surface area contributed by atoms with E-state index in [4.69, 9.17) is 0 Å². The van der Waals surface area contributed by atoms with E-state index < -0.39 is 0 Å². The molecule has 1 aromatic heterocycles. The normalized spacial score (nSPS) is 11.0. The number of fused-ring (bicyclic) bond motifs is 2. The summed E-state index contributed by atoms with van der Waals surface area (Å²) in [6.07, 6.45) is 6.42. The van der Waals surface area contributed by atoms with Crippen LogP contribution in [0.25, 0.3) is 27.2 Å². The zero-order valence-electron chi connectivity index (χ0n) is 11.2. The van der Waals surface area contributed by atoms with Crippen LogP contribution in [0.2, 0.25) is 0 Å². The van der Waals surface area contributed by atoms with Gasteiger partial charge in [-0.25, -0.2) is 4.98 Å². The molecule has 0 fully saturated rings. The van der Waals surface area contributed by atoms with Gasteiger partial charge in [-0.2, -0.15) is 0 Å². The number of benzene rings is 3. The second-order valence-electron chi connectivity index (χ2n) is 4.94. The van der Waals surface area contributed by atoms with Crippen LogP contribution in [0.3, 0.4) is 0 Å². The summed E-state index contributed by atoms with van der Waals surface area (Å²) in [6.45, 7) is 0. The highest BCUT2D eigenvalue weighted by molar-refractivity contribution is 6.17. The van der Waals surface area contributed by atoms with Crippen LogP contribution in [0, 0.1) is 0 Å². The van der Waals surface area contributed by atoms with Gasteiger partial charge in [0.1, 0.15) is 0 Å². The van der Waals surface area contributed by atoms with E-state index in [0.29, 0.717) is 0 Å². The monoisotopic (exact) mass is 272 g/mol. The summed E-state index contributed by atoms with van der Waals surface area (Å²) in [5.74, 6) is 0. The van der Waals surface area contributed by atoms with Crippen LogP contribution < -0.4 is 0 Å². The van der Waals surface area contributed by atoms with Gasteiger partial charge in [0.2, 0.25) is 0 Å². The Labute approximate surface area is 121 Å². The zero-order valence-corrected chi connectivity index (χ0v) is 11.2. The van der Waals surface area contributed by atoms with Gasteiger partial charge < -0.3 is 4.57 Å². The highest BCUT2D eigenvalue weighted by Crippen LogP contribution is 2.34. The molecule has 100 valence electrons. The Kier molecular flexibility index (Phi) is 2.57. The lowest BCUT2D eigenvalue weighted by atomic mass is 9.95. The van der Waals surface area contributed by atoms with Gasteiger partial charge in [-0.3, -0.25) is 4.79 Å². The van der Waals surface area contributed by atoms with Crippen LogP contribution in [0.15, 0.2) is 67.3 Å². The van der Waals surface area contributed by atoms with Crippen molar-refractivity contribution >= 4 is 27.8 Å². The molecular weight excluding hydrogens is 260 g/mol. The van der Waals surface area contributed by atoms with Crippen LogP contribution in [-0.2, 0) is 0 Å². The standard InChI is InChI=1S/C18H12N2O/c21-11-17-13-5-1-3-7-15(13)18(20-10-9-19-12-20)16-8-4-2-6-14(16)17/h1-12H. The molecule has 4 aromatic rings. The Morgan fingerprint density at radius 1 is 0.857 bits per heavy atom. The third-order valence-corrected chi connectivity index (χ3v) is 3.83. The van der Waals surface area contributed by atoms with E-state index in [9.17, 15) is 4.79 Å². The quantitative estimate of drug-likeness (QED) is 0.408. The van der Waals surface area contributed by atoms with Crippen molar-refractivity contribution in [2.45, 2.75) is 0 Å². The molecule has 21 heavy (non-hydrogen) atoms. The topological polar surface area (TPSA) is 34.9 Å². The van der Waals surface area contributed by atoms with Gasteiger partial charge in [-0.15, -0.1) is 0 Å².